The first kappa shape index (κ1) is 20.7. The Morgan fingerprint density at radius 3 is 1.20 bits per heavy atom. The van der Waals surface area contributed by atoms with Gasteiger partial charge in [-0.2, -0.15) is 0 Å². The van der Waals surface area contributed by atoms with E-state index in [0.29, 0.717) is 12.8 Å². The van der Waals surface area contributed by atoms with Gasteiger partial charge in [-0.05, 0) is 38.5 Å². The summed E-state index contributed by atoms with van der Waals surface area (Å²) in [7, 11) is 0. The lowest BCUT2D eigenvalue weighted by Crippen LogP contribution is -2.23. The van der Waals surface area contributed by atoms with Crippen molar-refractivity contribution in [2.24, 2.45) is 0 Å². The van der Waals surface area contributed by atoms with Crippen molar-refractivity contribution in [3.8, 4) is 0 Å². The molecule has 20 heavy (non-hydrogen) atoms. The van der Waals surface area contributed by atoms with Gasteiger partial charge in [0, 0.05) is 17.9 Å². The summed E-state index contributed by atoms with van der Waals surface area (Å²) < 4.78 is 0. The first-order valence-electron chi connectivity index (χ1n) is 6.99. The van der Waals surface area contributed by atoms with Crippen molar-refractivity contribution in [1.29, 1.82) is 0 Å². The summed E-state index contributed by atoms with van der Waals surface area (Å²) >= 11 is 0. The van der Waals surface area contributed by atoms with Crippen molar-refractivity contribution in [3.63, 3.8) is 0 Å². The molecule has 0 bridgehead atoms. The highest BCUT2D eigenvalue weighted by molar-refractivity contribution is 5.65. The van der Waals surface area contributed by atoms with Gasteiger partial charge in [0.2, 0.25) is 0 Å². The van der Waals surface area contributed by atoms with Gasteiger partial charge in [-0.25, -0.2) is 0 Å². The summed E-state index contributed by atoms with van der Waals surface area (Å²) in [5, 5.41) is 29.5. The van der Waals surface area contributed by atoms with E-state index in [4.69, 9.17) is 0 Å². The molecule has 0 unspecified atom stereocenters. The summed E-state index contributed by atoms with van der Waals surface area (Å²) in [6.07, 6.45) is 6.14. The lowest BCUT2D eigenvalue weighted by Gasteiger charge is -2.01. The highest BCUT2D eigenvalue weighted by Crippen LogP contribution is 2.03. The third kappa shape index (κ3) is 25.3. The van der Waals surface area contributed by atoms with E-state index in [1.54, 1.807) is 0 Å². The minimum atomic E-state index is -1.14. The molecule has 0 spiro atoms. The van der Waals surface area contributed by atoms with E-state index < -0.39 is 17.9 Å². The van der Waals surface area contributed by atoms with Crippen LogP contribution in [0.4, 0.5) is 0 Å². The van der Waals surface area contributed by atoms with Crippen LogP contribution < -0.4 is 15.3 Å². The molecule has 0 rings (SSSR count). The van der Waals surface area contributed by atoms with E-state index in [1.807, 2.05) is 0 Å². The fourth-order valence-electron chi connectivity index (χ4n) is 1.41. The fraction of sp³-hybridized carbons (Fsp3) is 0.786. The summed E-state index contributed by atoms with van der Waals surface area (Å²) in [4.78, 5) is 29.5. The smallest absolute Gasteiger partial charge is 0.0414 e. The Morgan fingerprint density at radius 1 is 0.600 bits per heavy atom. The minimum absolute atomic E-state index is 0.0761. The van der Waals surface area contributed by atoms with Gasteiger partial charge >= 0.3 is 0 Å². The molecule has 6 nitrogen and oxygen atoms in total. The Kier molecular flexibility index (Phi) is 16.0. The van der Waals surface area contributed by atoms with Crippen LogP contribution in [0.15, 0.2) is 0 Å². The maximum atomic E-state index is 9.92. The number of carboxylic acid groups (broad SMARTS) is 3. The quantitative estimate of drug-likeness (QED) is 0.456. The van der Waals surface area contributed by atoms with Gasteiger partial charge in [0.25, 0.3) is 0 Å². The number of hydrogen-bond donors (Lipinski definition) is 0. The number of carboxylic acids is 3. The molecule has 0 aliphatic rings. The predicted octanol–water partition coefficient (Wildman–Crippen LogP) is -0.857. The summed E-state index contributed by atoms with van der Waals surface area (Å²) in [6, 6.07) is 0. The molecule has 0 saturated carbocycles. The average molecular weight is 287 g/mol. The average Bonchev–Trinajstić information content (AvgIpc) is 2.34. The van der Waals surface area contributed by atoms with Crippen LogP contribution in [0.5, 0.6) is 0 Å². The third-order valence-corrected chi connectivity index (χ3v) is 2.50. The van der Waals surface area contributed by atoms with Crippen molar-refractivity contribution in [3.05, 3.63) is 0 Å². The maximum Gasteiger partial charge on any atom is 0.0414 e. The first-order valence-corrected chi connectivity index (χ1v) is 6.99. The highest BCUT2D eigenvalue weighted by atomic mass is 16.4. The molecule has 0 aromatic rings. The molecular weight excluding hydrogens is 264 g/mol. The minimum Gasteiger partial charge on any atom is -0.550 e. The van der Waals surface area contributed by atoms with E-state index in [9.17, 15) is 29.7 Å². The van der Waals surface area contributed by atoms with Crippen molar-refractivity contribution in [1.82, 2.24) is 0 Å². The third-order valence-electron chi connectivity index (χ3n) is 2.50. The Labute approximate surface area is 119 Å². The molecule has 0 N–H and O–H groups in total. The molecule has 0 atom stereocenters. The van der Waals surface area contributed by atoms with Crippen molar-refractivity contribution >= 4 is 17.9 Å². The monoisotopic (exact) mass is 287 g/mol. The summed E-state index contributed by atoms with van der Waals surface area (Å²) in [6.45, 7) is 2.14. The second kappa shape index (κ2) is 15.5. The number of rotatable bonds is 11. The largest absolute Gasteiger partial charge is 0.550 e. The molecule has 0 saturated heterocycles. The number of unbranched alkanes of at least 4 members (excludes halogenated alkanes) is 5. The van der Waals surface area contributed by atoms with E-state index in [2.05, 4.69) is 6.92 Å². The van der Waals surface area contributed by atoms with Crippen LogP contribution in [0.1, 0.15) is 71.1 Å². The number of carbonyl (C=O) groups is 3. The second-order valence-corrected chi connectivity index (χ2v) is 4.49. The Balaban J connectivity index is 0. The van der Waals surface area contributed by atoms with Crippen molar-refractivity contribution in [2.45, 2.75) is 71.1 Å². The molecule has 0 fully saturated rings. The first-order chi connectivity index (χ1) is 9.40. The SMILES string of the molecule is CCCCCCCC(=O)[O-].O=C([O-])CCCCC(=O)[O-]. The van der Waals surface area contributed by atoms with Gasteiger partial charge in [0.15, 0.2) is 0 Å². The normalized spacial score (nSPS) is 9.45. The highest BCUT2D eigenvalue weighted by Gasteiger charge is 1.89. The number of carbonyl (C=O) groups excluding carboxylic acids is 3. The van der Waals surface area contributed by atoms with Gasteiger partial charge in [-0.1, -0.05) is 32.6 Å². The van der Waals surface area contributed by atoms with Crippen LogP contribution in [0.3, 0.4) is 0 Å². The van der Waals surface area contributed by atoms with Crippen LogP contribution >= 0.6 is 0 Å². The topological polar surface area (TPSA) is 120 Å². The van der Waals surface area contributed by atoms with Crippen LogP contribution in [-0.4, -0.2) is 17.9 Å². The summed E-state index contributed by atoms with van der Waals surface area (Å²) in [5.74, 6) is -3.20. The number of hydrogen-bond acceptors (Lipinski definition) is 6. The molecule has 0 aromatic heterocycles. The van der Waals surface area contributed by atoms with Crippen LogP contribution in [0.2, 0.25) is 0 Å². The zero-order valence-corrected chi connectivity index (χ0v) is 12.0. The van der Waals surface area contributed by atoms with Crippen molar-refractivity contribution in [2.75, 3.05) is 0 Å². The van der Waals surface area contributed by atoms with E-state index in [-0.39, 0.29) is 19.3 Å². The molecule has 118 valence electrons. The van der Waals surface area contributed by atoms with E-state index in [0.717, 1.165) is 19.3 Å². The standard InChI is InChI=1S/C8H16O2.C6H10O4/c1-2-3-4-5-6-7-8(9)10;7-5(8)3-1-2-4-6(9)10/h2-7H2,1H3,(H,9,10);1-4H2,(H,7,8)(H,9,10)/p-3. The Hall–Kier alpha value is -1.59. The predicted molar refractivity (Wildman–Crippen MR) is 66.9 cm³/mol. The lowest BCUT2D eigenvalue weighted by atomic mass is 10.1. The molecule has 0 radical (unpaired) electrons. The van der Waals surface area contributed by atoms with Crippen LogP contribution in [-0.2, 0) is 14.4 Å². The molecule has 0 heterocycles. The fourth-order valence-corrected chi connectivity index (χ4v) is 1.41. The maximum absolute atomic E-state index is 9.92. The lowest BCUT2D eigenvalue weighted by molar-refractivity contribution is -0.308. The van der Waals surface area contributed by atoms with Gasteiger partial charge in [0.05, 0.1) is 0 Å². The summed E-state index contributed by atoms with van der Waals surface area (Å²) in [5.41, 5.74) is 0. The molecule has 0 aliphatic heterocycles. The zero-order chi connectivity index (χ0) is 15.8. The van der Waals surface area contributed by atoms with Gasteiger partial charge in [-0.3, -0.25) is 0 Å². The molecule has 6 heteroatoms. The molecule has 0 amide bonds. The number of aliphatic carboxylic acids is 3. The van der Waals surface area contributed by atoms with Gasteiger partial charge in [-0.15, -0.1) is 0 Å². The molecule has 0 aliphatic carbocycles. The Morgan fingerprint density at radius 2 is 0.900 bits per heavy atom. The van der Waals surface area contributed by atoms with E-state index in [1.165, 1.54) is 12.8 Å². The van der Waals surface area contributed by atoms with Crippen molar-refractivity contribution < 1.29 is 29.7 Å². The van der Waals surface area contributed by atoms with Gasteiger partial charge in [0.1, 0.15) is 0 Å². The molecule has 0 aromatic carbocycles. The molecular formula is C14H23O6-3. The van der Waals surface area contributed by atoms with Crippen LogP contribution in [0.25, 0.3) is 0 Å². The zero-order valence-electron chi connectivity index (χ0n) is 12.0. The second-order valence-electron chi connectivity index (χ2n) is 4.49. The van der Waals surface area contributed by atoms with Crippen LogP contribution in [0, 0.1) is 0 Å². The van der Waals surface area contributed by atoms with Gasteiger partial charge < -0.3 is 29.7 Å². The van der Waals surface area contributed by atoms with E-state index >= 15 is 0 Å². The Bertz CT molecular complexity index is 259.